The number of carbonyl (C=O) groups is 1. The molecule has 0 aromatic heterocycles. The van der Waals surface area contributed by atoms with Crippen molar-refractivity contribution in [3.05, 3.63) is 35.9 Å². The summed E-state index contributed by atoms with van der Waals surface area (Å²) < 4.78 is 5.16. The molecule has 6 heteroatoms. The highest BCUT2D eigenvalue weighted by molar-refractivity contribution is 9.09. The fourth-order valence-electron chi connectivity index (χ4n) is 2.03. The largest absolute Gasteiger partial charge is 0.445 e. The summed E-state index contributed by atoms with van der Waals surface area (Å²) in [6, 6.07) is 9.65. The number of nitrogens with one attached hydrogen (secondary N) is 2. The van der Waals surface area contributed by atoms with Crippen LogP contribution in [0.15, 0.2) is 30.3 Å². The summed E-state index contributed by atoms with van der Waals surface area (Å²) >= 11 is 3.59. The van der Waals surface area contributed by atoms with E-state index in [1.54, 1.807) is 0 Å². The van der Waals surface area contributed by atoms with Crippen molar-refractivity contribution in [2.45, 2.75) is 11.6 Å². The molecule has 0 bridgehead atoms. The van der Waals surface area contributed by atoms with E-state index in [0.717, 1.165) is 31.7 Å². The van der Waals surface area contributed by atoms with E-state index in [1.165, 1.54) is 0 Å². The highest BCUT2D eigenvalue weighted by Crippen LogP contribution is 2.07. The van der Waals surface area contributed by atoms with Gasteiger partial charge in [-0.05, 0) is 5.56 Å². The predicted molar refractivity (Wildman–Crippen MR) is 81.8 cm³/mol. The molecule has 0 aliphatic carbocycles. The summed E-state index contributed by atoms with van der Waals surface area (Å²) in [5.41, 5.74) is 0.986. The summed E-state index contributed by atoms with van der Waals surface area (Å²) in [5, 5.41) is 6.08. The third kappa shape index (κ3) is 5.11. The molecule has 1 aromatic carbocycles. The lowest BCUT2D eigenvalue weighted by atomic mass is 10.2. The van der Waals surface area contributed by atoms with E-state index >= 15 is 0 Å². The lowest BCUT2D eigenvalue weighted by Gasteiger charge is -2.31. The number of amides is 1. The molecule has 1 aliphatic rings. The highest BCUT2D eigenvalue weighted by Gasteiger charge is 2.18. The normalized spacial score (nSPS) is 17.4. The summed E-state index contributed by atoms with van der Waals surface area (Å²) in [7, 11) is 0. The van der Waals surface area contributed by atoms with Crippen LogP contribution in [-0.4, -0.2) is 48.7 Å². The molecule has 20 heavy (non-hydrogen) atoms. The molecule has 1 unspecified atom stereocenters. The molecule has 1 aliphatic heterocycles. The van der Waals surface area contributed by atoms with E-state index in [9.17, 15) is 4.79 Å². The number of hydrogen-bond acceptors (Lipinski definition) is 4. The smallest absolute Gasteiger partial charge is 0.407 e. The molecule has 1 amide bonds. The van der Waals surface area contributed by atoms with Crippen molar-refractivity contribution in [3.63, 3.8) is 0 Å². The first kappa shape index (κ1) is 15.3. The minimum Gasteiger partial charge on any atom is -0.445 e. The maximum atomic E-state index is 11.6. The zero-order valence-electron chi connectivity index (χ0n) is 11.3. The molecule has 1 atom stereocenters. The molecular formula is C14H20BrN3O2. The van der Waals surface area contributed by atoms with Crippen LogP contribution in [0, 0.1) is 0 Å². The fraction of sp³-hybridized carbons (Fsp3) is 0.500. The monoisotopic (exact) mass is 341 g/mol. The Morgan fingerprint density at radius 2 is 2.05 bits per heavy atom. The number of alkyl halides is 1. The van der Waals surface area contributed by atoms with Gasteiger partial charge < -0.3 is 15.4 Å². The number of benzene rings is 1. The molecule has 2 N–H and O–H groups in total. The van der Waals surface area contributed by atoms with Gasteiger partial charge >= 0.3 is 6.09 Å². The third-order valence-electron chi connectivity index (χ3n) is 3.18. The molecular weight excluding hydrogens is 322 g/mol. The lowest BCUT2D eigenvalue weighted by molar-refractivity contribution is 0.136. The zero-order valence-corrected chi connectivity index (χ0v) is 12.9. The van der Waals surface area contributed by atoms with Gasteiger partial charge in [0.15, 0.2) is 0 Å². The van der Waals surface area contributed by atoms with Crippen LogP contribution >= 0.6 is 15.9 Å². The van der Waals surface area contributed by atoms with Crippen molar-refractivity contribution < 1.29 is 9.53 Å². The van der Waals surface area contributed by atoms with Gasteiger partial charge in [-0.2, -0.15) is 0 Å². The Balaban J connectivity index is 1.64. The first-order chi connectivity index (χ1) is 9.75. The standard InChI is InChI=1S/C14H20BrN3O2/c15-13(18-8-6-16-7-9-18)10-17-14(19)20-11-12-4-2-1-3-5-12/h1-5,13,16H,6-11H2,(H,17,19). The average Bonchev–Trinajstić information content (AvgIpc) is 2.52. The molecule has 2 rings (SSSR count). The molecule has 110 valence electrons. The van der Waals surface area contributed by atoms with Gasteiger partial charge in [0.1, 0.15) is 6.61 Å². The van der Waals surface area contributed by atoms with Crippen LogP contribution in [0.1, 0.15) is 5.56 Å². The van der Waals surface area contributed by atoms with E-state index < -0.39 is 0 Å². The maximum Gasteiger partial charge on any atom is 0.407 e. The highest BCUT2D eigenvalue weighted by atomic mass is 79.9. The van der Waals surface area contributed by atoms with Gasteiger partial charge in [0.2, 0.25) is 0 Å². The molecule has 1 saturated heterocycles. The predicted octanol–water partition coefficient (Wildman–Crippen LogP) is 1.54. The van der Waals surface area contributed by atoms with Crippen molar-refractivity contribution in [2.24, 2.45) is 0 Å². The number of ether oxygens (including phenoxy) is 1. The van der Waals surface area contributed by atoms with Crippen LogP contribution in [0.4, 0.5) is 4.79 Å². The number of piperazine rings is 1. The van der Waals surface area contributed by atoms with Crippen LogP contribution in [0.25, 0.3) is 0 Å². The third-order valence-corrected chi connectivity index (χ3v) is 4.08. The molecule has 5 nitrogen and oxygen atoms in total. The van der Waals surface area contributed by atoms with Gasteiger partial charge in [-0.15, -0.1) is 0 Å². The van der Waals surface area contributed by atoms with Gasteiger partial charge in [0.25, 0.3) is 0 Å². The Kier molecular flexibility index (Phi) is 6.29. The lowest BCUT2D eigenvalue weighted by Crippen LogP contribution is -2.49. The van der Waals surface area contributed by atoms with Gasteiger partial charge in [-0.3, -0.25) is 4.90 Å². The first-order valence-electron chi connectivity index (χ1n) is 6.79. The second-order valence-corrected chi connectivity index (χ2v) is 5.72. The molecule has 1 aromatic rings. The Labute approximate surface area is 127 Å². The van der Waals surface area contributed by atoms with Crippen LogP contribution in [0.5, 0.6) is 0 Å². The fourth-order valence-corrected chi connectivity index (χ4v) is 2.60. The zero-order chi connectivity index (χ0) is 14.2. The van der Waals surface area contributed by atoms with Crippen molar-refractivity contribution >= 4 is 22.0 Å². The summed E-state index contributed by atoms with van der Waals surface area (Å²) in [5.74, 6) is 0. The molecule has 0 spiro atoms. The van der Waals surface area contributed by atoms with Gasteiger partial charge in [-0.25, -0.2) is 4.79 Å². The Hall–Kier alpha value is -1.11. The topological polar surface area (TPSA) is 53.6 Å². The summed E-state index contributed by atoms with van der Waals surface area (Å²) in [6.07, 6.45) is -0.381. The first-order valence-corrected chi connectivity index (χ1v) is 7.70. The molecule has 0 radical (unpaired) electrons. The summed E-state index contributed by atoms with van der Waals surface area (Å²) in [4.78, 5) is 14.1. The second kappa shape index (κ2) is 8.24. The quantitative estimate of drug-likeness (QED) is 0.630. The van der Waals surface area contributed by atoms with Crippen LogP contribution in [0.2, 0.25) is 0 Å². The SMILES string of the molecule is O=C(NCC(Br)N1CCNCC1)OCc1ccccc1. The number of hydrogen-bond donors (Lipinski definition) is 2. The Morgan fingerprint density at radius 3 is 2.75 bits per heavy atom. The molecule has 0 saturated carbocycles. The van der Waals surface area contributed by atoms with Crippen molar-refractivity contribution in [1.82, 2.24) is 15.5 Å². The van der Waals surface area contributed by atoms with Crippen LogP contribution < -0.4 is 10.6 Å². The van der Waals surface area contributed by atoms with E-state index in [-0.39, 0.29) is 11.0 Å². The van der Waals surface area contributed by atoms with Gasteiger partial charge in [0, 0.05) is 32.7 Å². The number of halogens is 1. The van der Waals surface area contributed by atoms with E-state index in [4.69, 9.17) is 4.74 Å². The number of rotatable bonds is 5. The van der Waals surface area contributed by atoms with Crippen LogP contribution in [0.3, 0.4) is 0 Å². The van der Waals surface area contributed by atoms with Crippen molar-refractivity contribution in [1.29, 1.82) is 0 Å². The minimum atomic E-state index is -0.381. The number of carbonyl (C=O) groups excluding carboxylic acids is 1. The number of alkyl carbamates (subject to hydrolysis) is 1. The summed E-state index contributed by atoms with van der Waals surface area (Å²) in [6.45, 7) is 4.77. The van der Waals surface area contributed by atoms with Gasteiger partial charge in [-0.1, -0.05) is 46.3 Å². The van der Waals surface area contributed by atoms with Crippen molar-refractivity contribution in [2.75, 3.05) is 32.7 Å². The Morgan fingerprint density at radius 1 is 1.35 bits per heavy atom. The molecule has 1 heterocycles. The maximum absolute atomic E-state index is 11.6. The Bertz CT molecular complexity index is 410. The van der Waals surface area contributed by atoms with Gasteiger partial charge in [0.05, 0.1) is 4.95 Å². The number of nitrogens with zero attached hydrogens (tertiary/aromatic N) is 1. The van der Waals surface area contributed by atoms with Crippen LogP contribution in [-0.2, 0) is 11.3 Å². The molecule has 1 fully saturated rings. The van der Waals surface area contributed by atoms with Crippen molar-refractivity contribution in [3.8, 4) is 0 Å². The van der Waals surface area contributed by atoms with E-state index in [2.05, 4.69) is 31.5 Å². The minimum absolute atomic E-state index is 0.147. The second-order valence-electron chi connectivity index (χ2n) is 4.66. The van der Waals surface area contributed by atoms with E-state index in [1.807, 2.05) is 30.3 Å². The van der Waals surface area contributed by atoms with E-state index in [0.29, 0.717) is 13.2 Å². The average molecular weight is 342 g/mol.